The van der Waals surface area contributed by atoms with E-state index < -0.39 is 5.60 Å². The SMILES string of the molecule is CC(C)(C)OC(=O)N1CCN(C(c2ccccc2)C(c2ccccc2)n2cc(Cn3cnc(=N)c4[nH]cnc43)nn2)CC1. The first kappa shape index (κ1) is 28.3. The summed E-state index contributed by atoms with van der Waals surface area (Å²) in [4.78, 5) is 28.6. The van der Waals surface area contributed by atoms with Crippen LogP contribution in [-0.4, -0.2) is 82.2 Å². The van der Waals surface area contributed by atoms with Crippen LogP contribution in [-0.2, 0) is 11.3 Å². The maximum absolute atomic E-state index is 12.8. The number of piperazine rings is 1. The van der Waals surface area contributed by atoms with Crippen molar-refractivity contribution in [3.63, 3.8) is 0 Å². The van der Waals surface area contributed by atoms with Crippen molar-refractivity contribution in [1.29, 1.82) is 5.41 Å². The summed E-state index contributed by atoms with van der Waals surface area (Å²) in [6.45, 7) is 8.57. The van der Waals surface area contributed by atoms with E-state index in [1.54, 1.807) is 17.6 Å². The number of hydrogen-bond acceptors (Lipinski definition) is 8. The second-order valence-electron chi connectivity index (χ2n) is 11.7. The fraction of sp³-hybridized carbons (Fsp3) is 0.355. The molecule has 43 heavy (non-hydrogen) atoms. The zero-order valence-corrected chi connectivity index (χ0v) is 24.6. The molecule has 0 aliphatic carbocycles. The molecule has 2 N–H and O–H groups in total. The molecule has 2 atom stereocenters. The van der Waals surface area contributed by atoms with E-state index in [1.165, 1.54) is 0 Å². The molecule has 2 aromatic carbocycles. The van der Waals surface area contributed by atoms with Crippen LogP contribution in [0.1, 0.15) is 49.7 Å². The lowest BCUT2D eigenvalue weighted by Crippen LogP contribution is -2.52. The van der Waals surface area contributed by atoms with Gasteiger partial charge < -0.3 is 19.2 Å². The Hall–Kier alpha value is -4.84. The lowest BCUT2D eigenvalue weighted by molar-refractivity contribution is 0.00756. The van der Waals surface area contributed by atoms with E-state index in [4.69, 9.17) is 10.1 Å². The summed E-state index contributed by atoms with van der Waals surface area (Å²) in [6, 6.07) is 20.5. The molecular formula is C31H36N10O2. The minimum absolute atomic E-state index is 0.0751. The smallest absolute Gasteiger partial charge is 0.410 e. The largest absolute Gasteiger partial charge is 0.444 e. The number of nitrogens with zero attached hydrogens (tertiary/aromatic N) is 8. The second kappa shape index (κ2) is 11.8. The van der Waals surface area contributed by atoms with Gasteiger partial charge in [0.1, 0.15) is 16.8 Å². The van der Waals surface area contributed by atoms with E-state index in [1.807, 2.05) is 60.5 Å². The Morgan fingerprint density at radius 2 is 1.60 bits per heavy atom. The molecule has 222 valence electrons. The van der Waals surface area contributed by atoms with Crippen molar-refractivity contribution in [1.82, 2.24) is 44.3 Å². The Morgan fingerprint density at radius 3 is 2.26 bits per heavy atom. The zero-order valence-electron chi connectivity index (χ0n) is 24.6. The predicted octanol–water partition coefficient (Wildman–Crippen LogP) is 3.76. The van der Waals surface area contributed by atoms with Gasteiger partial charge in [0.2, 0.25) is 0 Å². The molecule has 12 heteroatoms. The quantitative estimate of drug-likeness (QED) is 0.299. The highest BCUT2D eigenvalue weighted by atomic mass is 16.6. The first-order valence-electron chi connectivity index (χ1n) is 14.4. The van der Waals surface area contributed by atoms with Crippen LogP contribution in [0.2, 0.25) is 0 Å². The van der Waals surface area contributed by atoms with E-state index in [-0.39, 0.29) is 23.7 Å². The molecule has 1 saturated heterocycles. The van der Waals surface area contributed by atoms with E-state index in [2.05, 4.69) is 66.6 Å². The van der Waals surface area contributed by atoms with Crippen molar-refractivity contribution in [3.8, 4) is 0 Å². The Balaban J connectivity index is 1.33. The van der Waals surface area contributed by atoms with Gasteiger partial charge >= 0.3 is 6.09 Å². The van der Waals surface area contributed by atoms with Gasteiger partial charge in [-0.3, -0.25) is 10.3 Å². The molecule has 2 unspecified atom stereocenters. The number of imidazole rings is 1. The van der Waals surface area contributed by atoms with Crippen molar-refractivity contribution in [2.24, 2.45) is 0 Å². The number of amides is 1. The fourth-order valence-corrected chi connectivity index (χ4v) is 5.62. The fourth-order valence-electron chi connectivity index (χ4n) is 5.62. The summed E-state index contributed by atoms with van der Waals surface area (Å²) in [7, 11) is 0. The van der Waals surface area contributed by atoms with Gasteiger partial charge in [0, 0.05) is 26.2 Å². The minimum atomic E-state index is -0.537. The van der Waals surface area contributed by atoms with E-state index in [9.17, 15) is 4.79 Å². The van der Waals surface area contributed by atoms with E-state index in [0.29, 0.717) is 43.9 Å². The summed E-state index contributed by atoms with van der Waals surface area (Å²) >= 11 is 0. The molecule has 6 rings (SSSR count). The predicted molar refractivity (Wildman–Crippen MR) is 160 cm³/mol. The molecule has 3 aromatic heterocycles. The van der Waals surface area contributed by atoms with Gasteiger partial charge in [0.15, 0.2) is 11.1 Å². The van der Waals surface area contributed by atoms with Crippen LogP contribution >= 0.6 is 0 Å². The average molecular weight is 581 g/mol. The lowest BCUT2D eigenvalue weighted by Gasteiger charge is -2.42. The van der Waals surface area contributed by atoms with Gasteiger partial charge in [0.25, 0.3) is 0 Å². The number of aromatic nitrogens is 7. The summed E-state index contributed by atoms with van der Waals surface area (Å²) in [5.41, 5.74) is 3.83. The van der Waals surface area contributed by atoms with Crippen LogP contribution in [0.4, 0.5) is 4.79 Å². The molecule has 1 aliphatic heterocycles. The average Bonchev–Trinajstić information content (AvgIpc) is 3.68. The Kier molecular flexibility index (Phi) is 7.76. The highest BCUT2D eigenvalue weighted by molar-refractivity contribution is 5.68. The number of fused-ring (bicyclic) bond motifs is 1. The third kappa shape index (κ3) is 6.19. The number of rotatable bonds is 7. The number of ether oxygens (including phenoxy) is 1. The third-order valence-electron chi connectivity index (χ3n) is 7.57. The second-order valence-corrected chi connectivity index (χ2v) is 11.7. The van der Waals surface area contributed by atoms with Crippen LogP contribution in [0, 0.1) is 5.41 Å². The zero-order chi connectivity index (χ0) is 30.0. The molecule has 0 radical (unpaired) electrons. The number of nitrogens with one attached hydrogen (secondary N) is 2. The minimum Gasteiger partial charge on any atom is -0.444 e. The highest BCUT2D eigenvalue weighted by Crippen LogP contribution is 2.37. The van der Waals surface area contributed by atoms with Crippen molar-refractivity contribution in [2.75, 3.05) is 26.2 Å². The maximum Gasteiger partial charge on any atom is 0.410 e. The van der Waals surface area contributed by atoms with Crippen LogP contribution < -0.4 is 5.49 Å². The third-order valence-corrected chi connectivity index (χ3v) is 7.57. The van der Waals surface area contributed by atoms with Crippen molar-refractivity contribution >= 4 is 17.3 Å². The first-order valence-corrected chi connectivity index (χ1v) is 14.4. The van der Waals surface area contributed by atoms with Gasteiger partial charge in [-0.25, -0.2) is 19.4 Å². The molecule has 1 amide bonds. The molecule has 1 fully saturated rings. The highest BCUT2D eigenvalue weighted by Gasteiger charge is 2.36. The standard InChI is InChI=1S/C31H36N10O2/c1-31(2,3)43-30(42)39-16-14-38(15-17-39)26(22-10-6-4-7-11-22)27(23-12-8-5-9-13-23)41-19-24(36-37-41)18-40-21-35-28(32)25-29(40)34-20-33-25/h4-13,19-21,26-27,32H,14-18H2,1-3H3,(H,33,34). The first-order chi connectivity index (χ1) is 20.8. The Morgan fingerprint density at radius 1 is 0.953 bits per heavy atom. The molecule has 5 aromatic rings. The van der Waals surface area contributed by atoms with Crippen LogP contribution in [0.15, 0.2) is 79.5 Å². The molecule has 0 saturated carbocycles. The van der Waals surface area contributed by atoms with Gasteiger partial charge in [-0.15, -0.1) is 5.10 Å². The molecule has 4 heterocycles. The number of H-pyrrole nitrogens is 1. The number of aromatic amines is 1. The summed E-state index contributed by atoms with van der Waals surface area (Å²) in [6.07, 6.45) is 4.87. The summed E-state index contributed by atoms with van der Waals surface area (Å²) in [5, 5.41) is 17.3. The molecule has 12 nitrogen and oxygen atoms in total. The molecule has 0 bridgehead atoms. The number of benzene rings is 2. The Bertz CT molecular complexity index is 1730. The number of carbonyl (C=O) groups excluding carboxylic acids is 1. The van der Waals surface area contributed by atoms with Gasteiger partial charge in [0.05, 0.1) is 37.5 Å². The maximum atomic E-state index is 12.8. The van der Waals surface area contributed by atoms with Crippen LogP contribution in [0.3, 0.4) is 0 Å². The topological polar surface area (TPSA) is 134 Å². The van der Waals surface area contributed by atoms with Crippen molar-refractivity contribution < 1.29 is 9.53 Å². The number of hydrogen-bond donors (Lipinski definition) is 2. The summed E-state index contributed by atoms with van der Waals surface area (Å²) in [5.74, 6) is 0. The lowest BCUT2D eigenvalue weighted by atomic mass is 9.91. The number of carbonyl (C=O) groups is 1. The molecule has 0 spiro atoms. The van der Waals surface area contributed by atoms with Crippen molar-refractivity contribution in [2.45, 2.75) is 45.0 Å². The van der Waals surface area contributed by atoms with E-state index >= 15 is 0 Å². The molecule has 1 aliphatic rings. The van der Waals surface area contributed by atoms with Crippen LogP contribution in [0.5, 0.6) is 0 Å². The normalized spacial score (nSPS) is 15.8. The summed E-state index contributed by atoms with van der Waals surface area (Å²) < 4.78 is 9.45. The monoisotopic (exact) mass is 580 g/mol. The Labute approximate surface area is 249 Å². The van der Waals surface area contributed by atoms with Gasteiger partial charge in [-0.1, -0.05) is 65.9 Å². The van der Waals surface area contributed by atoms with Crippen LogP contribution in [0.25, 0.3) is 11.2 Å². The molecular weight excluding hydrogens is 544 g/mol. The van der Waals surface area contributed by atoms with Gasteiger partial charge in [-0.05, 0) is 31.9 Å². The van der Waals surface area contributed by atoms with Gasteiger partial charge in [-0.2, -0.15) is 0 Å². The van der Waals surface area contributed by atoms with E-state index in [0.717, 1.165) is 16.8 Å². The van der Waals surface area contributed by atoms with Crippen molar-refractivity contribution in [3.05, 3.63) is 102 Å².